The van der Waals surface area contributed by atoms with Gasteiger partial charge in [0.25, 0.3) is 0 Å². The largest absolute Gasteiger partial charge is 0.508 e. The maximum absolute atomic E-state index is 12.2. The molecule has 0 aliphatic heterocycles. The molecule has 1 atom stereocenters. The molecule has 0 heterocycles. The third-order valence-electron chi connectivity index (χ3n) is 3.11. The number of aromatic hydroxyl groups is 1. The molecular weight excluding hydrogens is 258 g/mol. The molecule has 0 saturated heterocycles. The molecule has 1 amide bonds. The Morgan fingerprint density at radius 3 is 2.75 bits per heavy atom. The van der Waals surface area contributed by atoms with Crippen molar-refractivity contribution in [2.24, 2.45) is 16.8 Å². The first-order valence-corrected chi connectivity index (χ1v) is 6.51. The lowest BCUT2D eigenvalue weighted by atomic mass is 10.1. The standard InChI is InChI=1S/C14H21N3O3/c1-3-17(9-10(2)14(15)16-20)13(19)8-11-5-4-6-12(18)7-11/h4-7,10,18,20H,3,8-9H2,1-2H3,(H2,15,16). The van der Waals surface area contributed by atoms with Gasteiger partial charge >= 0.3 is 0 Å². The van der Waals surface area contributed by atoms with E-state index in [1.54, 1.807) is 36.1 Å². The van der Waals surface area contributed by atoms with Gasteiger partial charge in [0, 0.05) is 19.0 Å². The van der Waals surface area contributed by atoms with E-state index in [0.717, 1.165) is 5.56 Å². The van der Waals surface area contributed by atoms with Gasteiger partial charge in [-0.15, -0.1) is 0 Å². The second-order valence-electron chi connectivity index (χ2n) is 4.70. The third kappa shape index (κ3) is 4.46. The quantitative estimate of drug-likeness (QED) is 0.315. The highest BCUT2D eigenvalue weighted by Crippen LogP contribution is 2.12. The van der Waals surface area contributed by atoms with Crippen LogP contribution in [0.1, 0.15) is 19.4 Å². The summed E-state index contributed by atoms with van der Waals surface area (Å²) in [5.74, 6) is -0.0271. The van der Waals surface area contributed by atoms with Crippen LogP contribution < -0.4 is 5.73 Å². The van der Waals surface area contributed by atoms with Gasteiger partial charge in [0.2, 0.25) is 5.91 Å². The number of hydrogen-bond acceptors (Lipinski definition) is 4. The van der Waals surface area contributed by atoms with Gasteiger partial charge in [0.1, 0.15) is 11.6 Å². The molecule has 1 aromatic rings. The van der Waals surface area contributed by atoms with Gasteiger partial charge in [0.05, 0.1) is 6.42 Å². The predicted octanol–water partition coefficient (Wildman–Crippen LogP) is 1.17. The van der Waals surface area contributed by atoms with Gasteiger partial charge in [-0.3, -0.25) is 4.79 Å². The highest BCUT2D eigenvalue weighted by atomic mass is 16.4. The predicted molar refractivity (Wildman–Crippen MR) is 76.6 cm³/mol. The molecule has 110 valence electrons. The number of oxime groups is 1. The zero-order chi connectivity index (χ0) is 15.1. The van der Waals surface area contributed by atoms with Crippen LogP contribution in [0.4, 0.5) is 0 Å². The Bertz CT molecular complexity index is 488. The maximum Gasteiger partial charge on any atom is 0.227 e. The molecule has 1 unspecified atom stereocenters. The van der Waals surface area contributed by atoms with Crippen LogP contribution in [0.3, 0.4) is 0 Å². The third-order valence-corrected chi connectivity index (χ3v) is 3.11. The topological polar surface area (TPSA) is 99.1 Å². The van der Waals surface area contributed by atoms with Gasteiger partial charge in [-0.2, -0.15) is 0 Å². The molecule has 20 heavy (non-hydrogen) atoms. The van der Waals surface area contributed by atoms with Crippen molar-refractivity contribution in [1.82, 2.24) is 4.90 Å². The molecule has 0 radical (unpaired) electrons. The van der Waals surface area contributed by atoms with E-state index in [4.69, 9.17) is 10.9 Å². The number of amidine groups is 1. The number of carbonyl (C=O) groups excluding carboxylic acids is 1. The molecule has 0 spiro atoms. The number of phenols is 1. The van der Waals surface area contributed by atoms with Crippen LogP contribution in [-0.4, -0.2) is 40.0 Å². The Labute approximate surface area is 118 Å². The van der Waals surface area contributed by atoms with E-state index in [1.807, 2.05) is 6.92 Å². The van der Waals surface area contributed by atoms with Crippen LogP contribution in [0.25, 0.3) is 0 Å². The number of nitrogens with zero attached hydrogens (tertiary/aromatic N) is 2. The molecule has 0 aromatic heterocycles. The van der Waals surface area contributed by atoms with Gasteiger partial charge in [-0.05, 0) is 24.6 Å². The van der Waals surface area contributed by atoms with Crippen LogP contribution in [0.15, 0.2) is 29.4 Å². The van der Waals surface area contributed by atoms with Crippen molar-refractivity contribution >= 4 is 11.7 Å². The second-order valence-corrected chi connectivity index (χ2v) is 4.70. The highest BCUT2D eigenvalue weighted by molar-refractivity contribution is 5.83. The van der Waals surface area contributed by atoms with E-state index >= 15 is 0 Å². The lowest BCUT2D eigenvalue weighted by Crippen LogP contribution is -2.39. The highest BCUT2D eigenvalue weighted by Gasteiger charge is 2.17. The van der Waals surface area contributed by atoms with Gasteiger partial charge in [-0.1, -0.05) is 24.2 Å². The number of likely N-dealkylation sites (N-methyl/N-ethyl adjacent to an activating group) is 1. The number of rotatable bonds is 6. The summed E-state index contributed by atoms with van der Waals surface area (Å²) in [6.45, 7) is 4.60. The van der Waals surface area contributed by atoms with E-state index in [-0.39, 0.29) is 29.8 Å². The zero-order valence-electron chi connectivity index (χ0n) is 11.8. The van der Waals surface area contributed by atoms with Gasteiger partial charge in [-0.25, -0.2) is 0 Å². The van der Waals surface area contributed by atoms with Crippen molar-refractivity contribution in [3.63, 3.8) is 0 Å². The van der Waals surface area contributed by atoms with Crippen LogP contribution in [0.2, 0.25) is 0 Å². The average Bonchev–Trinajstić information content (AvgIpc) is 2.43. The second kappa shape index (κ2) is 7.37. The first kappa shape index (κ1) is 15.8. The molecule has 0 saturated carbocycles. The maximum atomic E-state index is 12.2. The summed E-state index contributed by atoms with van der Waals surface area (Å²) in [4.78, 5) is 13.8. The normalized spacial score (nSPS) is 13.0. The Kier molecular flexibility index (Phi) is 5.83. The number of phenolic OH excluding ortho intramolecular Hbond substituents is 1. The fourth-order valence-corrected chi connectivity index (χ4v) is 1.88. The molecule has 4 N–H and O–H groups in total. The van der Waals surface area contributed by atoms with E-state index in [9.17, 15) is 9.90 Å². The van der Waals surface area contributed by atoms with Crippen molar-refractivity contribution in [2.45, 2.75) is 20.3 Å². The van der Waals surface area contributed by atoms with Crippen molar-refractivity contribution in [3.05, 3.63) is 29.8 Å². The molecule has 0 fully saturated rings. The summed E-state index contributed by atoms with van der Waals surface area (Å²) in [5.41, 5.74) is 6.28. The first-order valence-electron chi connectivity index (χ1n) is 6.51. The minimum Gasteiger partial charge on any atom is -0.508 e. The van der Waals surface area contributed by atoms with E-state index in [2.05, 4.69) is 5.16 Å². The summed E-state index contributed by atoms with van der Waals surface area (Å²) >= 11 is 0. The molecule has 0 bridgehead atoms. The molecule has 0 aliphatic rings. The van der Waals surface area contributed by atoms with Crippen LogP contribution in [-0.2, 0) is 11.2 Å². The number of amides is 1. The van der Waals surface area contributed by atoms with Crippen molar-refractivity contribution in [1.29, 1.82) is 0 Å². The molecular formula is C14H21N3O3. The van der Waals surface area contributed by atoms with Gasteiger partial charge < -0.3 is 20.9 Å². The monoisotopic (exact) mass is 279 g/mol. The van der Waals surface area contributed by atoms with Crippen molar-refractivity contribution in [3.8, 4) is 5.75 Å². The van der Waals surface area contributed by atoms with Crippen molar-refractivity contribution in [2.75, 3.05) is 13.1 Å². The summed E-state index contributed by atoms with van der Waals surface area (Å²) < 4.78 is 0. The lowest BCUT2D eigenvalue weighted by Gasteiger charge is -2.24. The Hall–Kier alpha value is -2.24. The Morgan fingerprint density at radius 1 is 1.50 bits per heavy atom. The fraction of sp³-hybridized carbons (Fsp3) is 0.429. The molecule has 1 aromatic carbocycles. The summed E-state index contributed by atoms with van der Waals surface area (Å²) in [7, 11) is 0. The average molecular weight is 279 g/mol. The minimum absolute atomic E-state index is 0.0595. The van der Waals surface area contributed by atoms with E-state index < -0.39 is 0 Å². The zero-order valence-corrected chi connectivity index (χ0v) is 11.8. The Morgan fingerprint density at radius 2 is 2.20 bits per heavy atom. The van der Waals surface area contributed by atoms with Crippen LogP contribution in [0, 0.1) is 5.92 Å². The Balaban J connectivity index is 2.68. The molecule has 1 rings (SSSR count). The fourth-order valence-electron chi connectivity index (χ4n) is 1.88. The first-order chi connectivity index (χ1) is 9.47. The van der Waals surface area contributed by atoms with E-state index in [1.165, 1.54) is 0 Å². The number of carbonyl (C=O) groups is 1. The smallest absolute Gasteiger partial charge is 0.227 e. The van der Waals surface area contributed by atoms with Crippen LogP contribution in [0.5, 0.6) is 5.75 Å². The lowest BCUT2D eigenvalue weighted by molar-refractivity contribution is -0.130. The molecule has 6 heteroatoms. The van der Waals surface area contributed by atoms with Gasteiger partial charge in [0.15, 0.2) is 0 Å². The van der Waals surface area contributed by atoms with Crippen molar-refractivity contribution < 1.29 is 15.1 Å². The SMILES string of the molecule is CCN(CC(C)C(N)=NO)C(=O)Cc1cccc(O)c1. The molecule has 0 aliphatic carbocycles. The summed E-state index contributed by atoms with van der Waals surface area (Å²) in [5, 5.41) is 21.0. The number of nitrogens with two attached hydrogens (primary N) is 1. The van der Waals surface area contributed by atoms with Crippen LogP contribution >= 0.6 is 0 Å². The summed E-state index contributed by atoms with van der Waals surface area (Å²) in [6.07, 6.45) is 0.213. The summed E-state index contributed by atoms with van der Waals surface area (Å²) in [6, 6.07) is 6.62. The molecule has 6 nitrogen and oxygen atoms in total. The number of benzene rings is 1. The minimum atomic E-state index is -0.215. The van der Waals surface area contributed by atoms with E-state index in [0.29, 0.717) is 13.1 Å². The number of hydrogen-bond donors (Lipinski definition) is 3.